The van der Waals surface area contributed by atoms with Crippen molar-refractivity contribution in [3.63, 3.8) is 0 Å². The highest BCUT2D eigenvalue weighted by molar-refractivity contribution is 7.19. The fourth-order valence-corrected chi connectivity index (χ4v) is 3.17. The zero-order chi connectivity index (χ0) is 14.4. The number of nitrogens with zero attached hydrogens (tertiary/aromatic N) is 6. The lowest BCUT2D eigenvalue weighted by Crippen LogP contribution is -1.91. The van der Waals surface area contributed by atoms with Gasteiger partial charge >= 0.3 is 0 Å². The maximum Gasteiger partial charge on any atom is 0.235 e. The van der Waals surface area contributed by atoms with Crippen LogP contribution in [0.15, 0.2) is 29.0 Å². The van der Waals surface area contributed by atoms with Crippen molar-refractivity contribution in [2.24, 2.45) is 0 Å². The van der Waals surface area contributed by atoms with Gasteiger partial charge in [0.05, 0.1) is 11.3 Å². The summed E-state index contributed by atoms with van der Waals surface area (Å²) in [6.45, 7) is 3.77. The molecule has 4 heterocycles. The van der Waals surface area contributed by atoms with E-state index in [0.717, 1.165) is 32.5 Å². The summed E-state index contributed by atoms with van der Waals surface area (Å²) < 4.78 is 6.92. The average Bonchev–Trinajstić information content (AvgIpc) is 3.14. The number of fused-ring (bicyclic) bond motifs is 1. The third kappa shape index (κ3) is 1.83. The number of hydrogen-bond donors (Lipinski definition) is 0. The van der Waals surface area contributed by atoms with Crippen LogP contribution in [-0.4, -0.2) is 30.0 Å². The molecule has 0 fully saturated rings. The van der Waals surface area contributed by atoms with Crippen molar-refractivity contribution in [2.45, 2.75) is 13.8 Å². The molecule has 0 N–H and O–H groups in total. The zero-order valence-electron chi connectivity index (χ0n) is 11.3. The van der Waals surface area contributed by atoms with Gasteiger partial charge in [-0.2, -0.15) is 9.61 Å². The summed E-state index contributed by atoms with van der Waals surface area (Å²) in [5.41, 5.74) is 2.61. The predicted octanol–water partition coefficient (Wildman–Crippen LogP) is 2.52. The fourth-order valence-electron chi connectivity index (χ4n) is 2.18. The first-order chi connectivity index (χ1) is 10.2. The molecule has 0 saturated carbocycles. The lowest BCUT2D eigenvalue weighted by Gasteiger charge is -1.95. The van der Waals surface area contributed by atoms with Gasteiger partial charge in [0, 0.05) is 18.0 Å². The fraction of sp³-hybridized carbons (Fsp3) is 0.154. The summed E-state index contributed by atoms with van der Waals surface area (Å²) in [7, 11) is 0. The van der Waals surface area contributed by atoms with Gasteiger partial charge in [-0.25, -0.2) is 0 Å². The molecule has 0 amide bonds. The van der Waals surface area contributed by atoms with Crippen molar-refractivity contribution in [1.82, 2.24) is 30.0 Å². The van der Waals surface area contributed by atoms with E-state index in [1.807, 2.05) is 26.0 Å². The molecule has 0 aliphatic carbocycles. The summed E-state index contributed by atoms with van der Waals surface area (Å²) in [5, 5.41) is 17.7. The van der Waals surface area contributed by atoms with Gasteiger partial charge in [0.2, 0.25) is 4.96 Å². The maximum atomic E-state index is 5.20. The van der Waals surface area contributed by atoms with Crippen LogP contribution < -0.4 is 0 Å². The van der Waals surface area contributed by atoms with E-state index in [2.05, 4.69) is 25.4 Å². The quantitative estimate of drug-likeness (QED) is 0.565. The molecule has 8 heteroatoms. The summed E-state index contributed by atoms with van der Waals surface area (Å²) in [4.78, 5) is 4.83. The van der Waals surface area contributed by atoms with Crippen molar-refractivity contribution < 1.29 is 4.52 Å². The first-order valence-corrected chi connectivity index (χ1v) is 7.11. The molecular formula is C13H10N6OS. The smallest absolute Gasteiger partial charge is 0.235 e. The van der Waals surface area contributed by atoms with Gasteiger partial charge in [0.1, 0.15) is 5.76 Å². The predicted molar refractivity (Wildman–Crippen MR) is 76.9 cm³/mol. The molecule has 21 heavy (non-hydrogen) atoms. The van der Waals surface area contributed by atoms with E-state index < -0.39 is 0 Å². The highest BCUT2D eigenvalue weighted by Gasteiger charge is 2.19. The Labute approximate surface area is 123 Å². The van der Waals surface area contributed by atoms with Gasteiger partial charge in [-0.15, -0.1) is 10.2 Å². The molecule has 104 valence electrons. The van der Waals surface area contributed by atoms with Crippen molar-refractivity contribution in [1.29, 1.82) is 0 Å². The largest absolute Gasteiger partial charge is 0.361 e. The second-order valence-corrected chi connectivity index (χ2v) is 5.52. The van der Waals surface area contributed by atoms with E-state index in [1.54, 1.807) is 16.9 Å². The second kappa shape index (κ2) is 4.45. The summed E-state index contributed by atoms with van der Waals surface area (Å²) >= 11 is 1.46. The SMILES string of the molecule is Cc1noc(C)c1-c1nn2c(-c3cccnc3)nnc2s1. The maximum absolute atomic E-state index is 5.20. The van der Waals surface area contributed by atoms with E-state index in [1.165, 1.54) is 11.3 Å². The molecule has 0 radical (unpaired) electrons. The normalized spacial score (nSPS) is 11.3. The van der Waals surface area contributed by atoms with Gasteiger partial charge in [-0.05, 0) is 26.0 Å². The third-order valence-electron chi connectivity index (χ3n) is 3.16. The van der Waals surface area contributed by atoms with Crippen LogP contribution in [0.1, 0.15) is 11.5 Å². The number of pyridine rings is 1. The van der Waals surface area contributed by atoms with Crippen LogP contribution in [0, 0.1) is 13.8 Å². The van der Waals surface area contributed by atoms with Crippen LogP contribution in [0.25, 0.3) is 26.9 Å². The van der Waals surface area contributed by atoms with Crippen LogP contribution in [0.4, 0.5) is 0 Å². The van der Waals surface area contributed by atoms with E-state index in [0.29, 0.717) is 5.82 Å². The molecule has 4 aromatic heterocycles. The third-order valence-corrected chi connectivity index (χ3v) is 4.07. The Morgan fingerprint density at radius 3 is 2.86 bits per heavy atom. The molecule has 0 saturated heterocycles. The van der Waals surface area contributed by atoms with Crippen LogP contribution in [-0.2, 0) is 0 Å². The molecule has 0 atom stereocenters. The highest BCUT2D eigenvalue weighted by atomic mass is 32.1. The van der Waals surface area contributed by atoms with Gasteiger partial charge in [0.15, 0.2) is 10.8 Å². The number of aromatic nitrogens is 6. The molecule has 0 unspecified atom stereocenters. The van der Waals surface area contributed by atoms with Gasteiger partial charge < -0.3 is 4.52 Å². The Kier molecular flexibility index (Phi) is 2.58. The molecule has 0 aliphatic heterocycles. The molecule has 0 spiro atoms. The van der Waals surface area contributed by atoms with E-state index in [9.17, 15) is 0 Å². The minimum absolute atomic E-state index is 0.673. The average molecular weight is 298 g/mol. The Morgan fingerprint density at radius 1 is 1.24 bits per heavy atom. The molecule has 4 rings (SSSR count). The molecule has 4 aromatic rings. The second-order valence-electron chi connectivity index (χ2n) is 4.57. The monoisotopic (exact) mass is 298 g/mol. The van der Waals surface area contributed by atoms with Crippen LogP contribution in [0.2, 0.25) is 0 Å². The summed E-state index contributed by atoms with van der Waals surface area (Å²) in [6, 6.07) is 3.79. The molecule has 0 aliphatic rings. The molecule has 0 aromatic carbocycles. The molecular weight excluding hydrogens is 288 g/mol. The van der Waals surface area contributed by atoms with Gasteiger partial charge in [-0.1, -0.05) is 16.5 Å². The van der Waals surface area contributed by atoms with Crippen LogP contribution in [0.3, 0.4) is 0 Å². The topological polar surface area (TPSA) is 82.0 Å². The van der Waals surface area contributed by atoms with E-state index in [-0.39, 0.29) is 0 Å². The van der Waals surface area contributed by atoms with E-state index in [4.69, 9.17) is 4.52 Å². The standard InChI is InChI=1S/C13H10N6OS/c1-7-10(8(2)20-18-7)12-17-19-11(15-16-13(19)21-12)9-4-3-5-14-6-9/h3-6H,1-2H3. The van der Waals surface area contributed by atoms with Gasteiger partial charge in [-0.3, -0.25) is 4.98 Å². The number of aryl methyl sites for hydroxylation is 2. The van der Waals surface area contributed by atoms with Crippen molar-refractivity contribution in [3.05, 3.63) is 36.0 Å². The van der Waals surface area contributed by atoms with Crippen LogP contribution >= 0.6 is 11.3 Å². The van der Waals surface area contributed by atoms with Gasteiger partial charge in [0.25, 0.3) is 0 Å². The lowest BCUT2D eigenvalue weighted by molar-refractivity contribution is 0.393. The Bertz CT molecular complexity index is 903. The Hall–Kier alpha value is -2.61. The van der Waals surface area contributed by atoms with Crippen molar-refractivity contribution in [2.75, 3.05) is 0 Å². The lowest BCUT2D eigenvalue weighted by atomic mass is 10.2. The first kappa shape index (κ1) is 12.2. The minimum atomic E-state index is 0.673. The summed E-state index contributed by atoms with van der Waals surface area (Å²) in [5.74, 6) is 1.42. The molecule has 0 bridgehead atoms. The highest BCUT2D eigenvalue weighted by Crippen LogP contribution is 2.31. The van der Waals surface area contributed by atoms with Crippen LogP contribution in [0.5, 0.6) is 0 Å². The zero-order valence-corrected chi connectivity index (χ0v) is 12.1. The Balaban J connectivity index is 1.91. The van der Waals surface area contributed by atoms with E-state index >= 15 is 0 Å². The Morgan fingerprint density at radius 2 is 2.14 bits per heavy atom. The summed E-state index contributed by atoms with van der Waals surface area (Å²) in [6.07, 6.45) is 3.46. The molecule has 7 nitrogen and oxygen atoms in total. The minimum Gasteiger partial charge on any atom is -0.361 e. The number of rotatable bonds is 2. The number of hydrogen-bond acceptors (Lipinski definition) is 7. The van der Waals surface area contributed by atoms with Crippen molar-refractivity contribution in [3.8, 4) is 22.0 Å². The first-order valence-electron chi connectivity index (χ1n) is 6.30. The van der Waals surface area contributed by atoms with Crippen molar-refractivity contribution >= 4 is 16.3 Å².